The van der Waals surface area contributed by atoms with Crippen molar-refractivity contribution >= 4 is 15.8 Å². The van der Waals surface area contributed by atoms with Crippen LogP contribution >= 0.6 is 0 Å². The fourth-order valence-corrected chi connectivity index (χ4v) is 3.93. The molecule has 6 nitrogen and oxygen atoms in total. The molecule has 0 bridgehead atoms. The maximum Gasteiger partial charge on any atom is 0.211 e. The highest BCUT2D eigenvalue weighted by Gasteiger charge is 2.24. The van der Waals surface area contributed by atoms with Gasteiger partial charge in [0.25, 0.3) is 0 Å². The Morgan fingerprint density at radius 2 is 2.19 bits per heavy atom. The molecule has 1 fully saturated rings. The number of sulfonamides is 1. The predicted molar refractivity (Wildman–Crippen MR) is 81.4 cm³/mol. The van der Waals surface area contributed by atoms with Gasteiger partial charge in [0, 0.05) is 25.3 Å². The number of aromatic nitrogens is 1. The molecule has 7 heteroatoms. The summed E-state index contributed by atoms with van der Waals surface area (Å²) in [6.45, 7) is 3.25. The fraction of sp³-hybridized carbons (Fsp3) is 0.571. The van der Waals surface area contributed by atoms with Crippen LogP contribution in [0.1, 0.15) is 31.7 Å². The zero-order valence-electron chi connectivity index (χ0n) is 12.1. The predicted octanol–water partition coefficient (Wildman–Crippen LogP) is 1.25. The molecule has 21 heavy (non-hydrogen) atoms. The number of hydrogen-bond donors (Lipinski definition) is 1. The van der Waals surface area contributed by atoms with E-state index in [9.17, 15) is 8.42 Å². The maximum atomic E-state index is 11.8. The number of pyridine rings is 1. The molecule has 1 aliphatic heterocycles. The molecule has 1 saturated heterocycles. The third-order valence-electron chi connectivity index (χ3n) is 3.52. The van der Waals surface area contributed by atoms with E-state index in [0.717, 1.165) is 12.8 Å². The van der Waals surface area contributed by atoms with Gasteiger partial charge in [-0.05, 0) is 31.4 Å². The van der Waals surface area contributed by atoms with Crippen molar-refractivity contribution in [3.05, 3.63) is 23.9 Å². The van der Waals surface area contributed by atoms with Gasteiger partial charge in [-0.1, -0.05) is 6.92 Å². The summed E-state index contributed by atoms with van der Waals surface area (Å²) in [7, 11) is -3.16. The fourth-order valence-electron chi connectivity index (χ4n) is 2.53. The first-order valence-corrected chi connectivity index (χ1v) is 8.81. The molecule has 0 aliphatic carbocycles. The molecule has 0 aromatic carbocycles. The van der Waals surface area contributed by atoms with Gasteiger partial charge in [0.05, 0.1) is 11.3 Å². The molecule has 0 unspecified atom stereocenters. The largest absolute Gasteiger partial charge is 0.355 e. The summed E-state index contributed by atoms with van der Waals surface area (Å²) in [6, 6.07) is 5.61. The number of nitriles is 1. The van der Waals surface area contributed by atoms with Gasteiger partial charge in [0.2, 0.25) is 10.0 Å². The number of nitrogens with one attached hydrogen (secondary N) is 1. The van der Waals surface area contributed by atoms with Gasteiger partial charge >= 0.3 is 0 Å². The van der Waals surface area contributed by atoms with Crippen molar-refractivity contribution in [2.24, 2.45) is 0 Å². The minimum atomic E-state index is -3.16. The van der Waals surface area contributed by atoms with Gasteiger partial charge in [0.15, 0.2) is 0 Å². The van der Waals surface area contributed by atoms with Gasteiger partial charge < -0.3 is 4.90 Å². The van der Waals surface area contributed by atoms with Crippen molar-refractivity contribution in [2.45, 2.75) is 32.2 Å². The molecule has 1 aliphatic rings. The van der Waals surface area contributed by atoms with Crippen molar-refractivity contribution in [1.29, 1.82) is 5.26 Å². The number of hydrogen-bond acceptors (Lipinski definition) is 5. The summed E-state index contributed by atoms with van der Waals surface area (Å²) in [5.41, 5.74) is 0.558. The normalized spacial score (nSPS) is 16.7. The number of piperidine rings is 1. The van der Waals surface area contributed by atoms with Gasteiger partial charge in [-0.2, -0.15) is 5.26 Å². The summed E-state index contributed by atoms with van der Waals surface area (Å²) in [5.74, 6) is 0.862. The van der Waals surface area contributed by atoms with Crippen LogP contribution < -0.4 is 9.62 Å². The van der Waals surface area contributed by atoms with E-state index in [4.69, 9.17) is 5.26 Å². The van der Waals surface area contributed by atoms with Crippen LogP contribution in [0.2, 0.25) is 0 Å². The third-order valence-corrected chi connectivity index (χ3v) is 5.16. The van der Waals surface area contributed by atoms with E-state index in [0.29, 0.717) is 30.9 Å². The van der Waals surface area contributed by atoms with Gasteiger partial charge in [0.1, 0.15) is 11.9 Å². The van der Waals surface area contributed by atoms with Gasteiger partial charge in [-0.25, -0.2) is 18.1 Å². The summed E-state index contributed by atoms with van der Waals surface area (Å²) >= 11 is 0. The smallest absolute Gasteiger partial charge is 0.211 e. The zero-order valence-corrected chi connectivity index (χ0v) is 12.9. The molecule has 2 rings (SSSR count). The average molecular weight is 308 g/mol. The molecule has 0 atom stereocenters. The van der Waals surface area contributed by atoms with Gasteiger partial charge in [-0.15, -0.1) is 0 Å². The monoisotopic (exact) mass is 308 g/mol. The van der Waals surface area contributed by atoms with Gasteiger partial charge in [-0.3, -0.25) is 0 Å². The lowest BCUT2D eigenvalue weighted by molar-refractivity contribution is 0.458. The van der Waals surface area contributed by atoms with E-state index in [1.807, 2.05) is 11.8 Å². The van der Waals surface area contributed by atoms with E-state index < -0.39 is 10.0 Å². The first-order chi connectivity index (χ1) is 10.1. The molecule has 1 N–H and O–H groups in total. The lowest BCUT2D eigenvalue weighted by Crippen LogP contribution is -2.45. The average Bonchev–Trinajstić information content (AvgIpc) is 2.47. The second kappa shape index (κ2) is 6.87. The first-order valence-electron chi connectivity index (χ1n) is 7.16. The minimum Gasteiger partial charge on any atom is -0.355 e. The topological polar surface area (TPSA) is 86.1 Å². The summed E-state index contributed by atoms with van der Waals surface area (Å²) in [5, 5.41) is 9.10. The number of rotatable bonds is 5. The van der Waals surface area contributed by atoms with Crippen LogP contribution in [-0.2, 0) is 10.0 Å². The van der Waals surface area contributed by atoms with E-state index >= 15 is 0 Å². The third kappa shape index (κ3) is 4.16. The van der Waals surface area contributed by atoms with Crippen molar-refractivity contribution in [1.82, 2.24) is 9.71 Å². The van der Waals surface area contributed by atoms with Crippen LogP contribution in [0.15, 0.2) is 18.3 Å². The molecule has 0 amide bonds. The first kappa shape index (κ1) is 15.7. The highest BCUT2D eigenvalue weighted by molar-refractivity contribution is 7.89. The Bertz CT molecular complexity index is 616. The second-order valence-electron chi connectivity index (χ2n) is 5.18. The molecule has 2 heterocycles. The van der Waals surface area contributed by atoms with E-state index in [2.05, 4.69) is 15.8 Å². The minimum absolute atomic E-state index is 0.0213. The number of nitrogens with zero attached hydrogens (tertiary/aromatic N) is 3. The lowest BCUT2D eigenvalue weighted by atomic mass is 10.1. The SMILES string of the molecule is CCCS(=O)(=O)NC1CCN(c2ncccc2C#N)CC1. The molecular formula is C14H20N4O2S. The van der Waals surface area contributed by atoms with Crippen LogP contribution in [-0.4, -0.2) is 38.3 Å². The van der Waals surface area contributed by atoms with Crippen molar-refractivity contribution in [3.8, 4) is 6.07 Å². The van der Waals surface area contributed by atoms with Crippen LogP contribution in [0.3, 0.4) is 0 Å². The molecule has 1 aromatic rings. The molecule has 0 radical (unpaired) electrons. The maximum absolute atomic E-state index is 11.8. The van der Waals surface area contributed by atoms with Crippen LogP contribution in [0.25, 0.3) is 0 Å². The molecule has 114 valence electrons. The van der Waals surface area contributed by atoms with E-state index in [-0.39, 0.29) is 11.8 Å². The van der Waals surface area contributed by atoms with E-state index in [1.165, 1.54) is 0 Å². The number of anilines is 1. The molecule has 1 aromatic heterocycles. The van der Waals surface area contributed by atoms with Crippen molar-refractivity contribution < 1.29 is 8.42 Å². The quantitative estimate of drug-likeness (QED) is 0.884. The zero-order chi connectivity index (χ0) is 15.3. The van der Waals surface area contributed by atoms with Crippen molar-refractivity contribution in [3.63, 3.8) is 0 Å². The summed E-state index contributed by atoms with van der Waals surface area (Å²) in [6.07, 6.45) is 3.74. The lowest BCUT2D eigenvalue weighted by Gasteiger charge is -2.33. The highest BCUT2D eigenvalue weighted by Crippen LogP contribution is 2.21. The standard InChI is InChI=1S/C14H20N4O2S/c1-2-10-21(19,20)17-13-5-8-18(9-6-13)14-12(11-15)4-3-7-16-14/h3-4,7,13,17H,2,5-6,8-10H2,1H3. The van der Waals surface area contributed by atoms with Crippen LogP contribution in [0, 0.1) is 11.3 Å². The Hall–Kier alpha value is -1.65. The highest BCUT2D eigenvalue weighted by atomic mass is 32.2. The Balaban J connectivity index is 1.96. The van der Waals surface area contributed by atoms with E-state index in [1.54, 1.807) is 18.3 Å². The summed E-state index contributed by atoms with van der Waals surface area (Å²) in [4.78, 5) is 6.31. The van der Waals surface area contributed by atoms with Crippen LogP contribution in [0.4, 0.5) is 5.82 Å². The Kier molecular flexibility index (Phi) is 5.15. The Morgan fingerprint density at radius 3 is 2.81 bits per heavy atom. The Labute approximate surface area is 125 Å². The Morgan fingerprint density at radius 1 is 1.48 bits per heavy atom. The molecular weight excluding hydrogens is 288 g/mol. The molecule has 0 spiro atoms. The van der Waals surface area contributed by atoms with Crippen molar-refractivity contribution in [2.75, 3.05) is 23.7 Å². The summed E-state index contributed by atoms with van der Waals surface area (Å²) < 4.78 is 26.3. The molecule has 0 saturated carbocycles. The second-order valence-corrected chi connectivity index (χ2v) is 7.06. The van der Waals surface area contributed by atoms with Crippen LogP contribution in [0.5, 0.6) is 0 Å².